The van der Waals surface area contributed by atoms with E-state index in [9.17, 15) is 0 Å². The molecule has 16 heavy (non-hydrogen) atoms. The maximum atomic E-state index is 5.40. The molecule has 0 aromatic rings. The van der Waals surface area contributed by atoms with Crippen molar-refractivity contribution in [3.8, 4) is 0 Å². The van der Waals surface area contributed by atoms with E-state index in [4.69, 9.17) is 22.7 Å². The number of unbranched alkanes of at least 4 members (excludes halogenated alkanes) is 2. The maximum absolute atomic E-state index is 5.40. The number of halogens is 2. The highest BCUT2D eigenvalue weighted by Gasteiger charge is 1.98. The summed E-state index contributed by atoms with van der Waals surface area (Å²) in [5, 5.41) is 0.728. The van der Waals surface area contributed by atoms with Crippen molar-refractivity contribution in [2.75, 3.05) is 33.8 Å². The lowest BCUT2D eigenvalue weighted by Crippen LogP contribution is -2.17. The number of nitrogens with zero attached hydrogens (tertiary/aromatic N) is 1. The molecule has 0 aliphatic rings. The van der Waals surface area contributed by atoms with Crippen LogP contribution in [0.1, 0.15) is 25.7 Å². The van der Waals surface area contributed by atoms with E-state index in [1.807, 2.05) is 14.1 Å². The van der Waals surface area contributed by atoms with E-state index in [0.717, 1.165) is 50.4 Å². The fourth-order valence-corrected chi connectivity index (χ4v) is 1.17. The van der Waals surface area contributed by atoms with Crippen molar-refractivity contribution in [1.29, 1.82) is 0 Å². The van der Waals surface area contributed by atoms with Crippen LogP contribution in [0.3, 0.4) is 0 Å². The van der Waals surface area contributed by atoms with E-state index in [0.29, 0.717) is 0 Å². The summed E-state index contributed by atoms with van der Waals surface area (Å²) in [6, 6.07) is 0. The molecule has 0 bridgehead atoms. The minimum Gasteiger partial charge on any atom is -0.487 e. The van der Waals surface area contributed by atoms with Gasteiger partial charge in [-0.2, -0.15) is 0 Å². The second-order valence-electron chi connectivity index (χ2n) is 3.62. The van der Waals surface area contributed by atoms with Crippen LogP contribution in [0.4, 0.5) is 0 Å². The molecule has 0 aliphatic heterocycles. The van der Waals surface area contributed by atoms with E-state index in [2.05, 4.69) is 4.90 Å². The zero-order valence-electron chi connectivity index (χ0n) is 10.1. The zero-order chi connectivity index (χ0) is 10.8. The van der Waals surface area contributed by atoms with Crippen molar-refractivity contribution < 1.29 is 4.74 Å². The van der Waals surface area contributed by atoms with Gasteiger partial charge < -0.3 is 15.4 Å². The molecule has 0 heterocycles. The van der Waals surface area contributed by atoms with Crippen molar-refractivity contribution in [1.82, 2.24) is 4.90 Å². The lowest BCUT2D eigenvalue weighted by Gasteiger charge is -2.11. The van der Waals surface area contributed by atoms with Crippen LogP contribution >= 0.6 is 37.0 Å². The van der Waals surface area contributed by atoms with Crippen LogP contribution in [0.2, 0.25) is 0 Å². The van der Waals surface area contributed by atoms with E-state index in [1.165, 1.54) is 0 Å². The Bertz CT molecular complexity index is 160. The van der Waals surface area contributed by atoms with Crippen LogP contribution in [0.25, 0.3) is 0 Å². The highest BCUT2D eigenvalue weighted by molar-refractivity contribution is 7.80. The first kappa shape index (κ1) is 21.7. The molecule has 6 heteroatoms. The van der Waals surface area contributed by atoms with Gasteiger partial charge in [0.1, 0.15) is 0 Å². The predicted molar refractivity (Wildman–Crippen MR) is 79.1 cm³/mol. The first-order chi connectivity index (χ1) is 6.66. The number of thiocarbonyl (C=S) groups is 1. The molecule has 0 spiro atoms. The lowest BCUT2D eigenvalue weighted by atomic mass is 10.2. The summed E-state index contributed by atoms with van der Waals surface area (Å²) < 4.78 is 5.40. The molecule has 0 radical (unpaired) electrons. The zero-order valence-corrected chi connectivity index (χ0v) is 12.6. The summed E-state index contributed by atoms with van der Waals surface area (Å²) in [5.41, 5.74) is 5.38. The molecule has 2 N–H and O–H groups in total. The quantitative estimate of drug-likeness (QED) is 0.550. The fourth-order valence-electron chi connectivity index (χ4n) is 0.996. The van der Waals surface area contributed by atoms with Gasteiger partial charge in [-0.3, -0.25) is 0 Å². The molecule has 0 saturated heterocycles. The average Bonchev–Trinajstić information content (AvgIpc) is 2.14. The monoisotopic (exact) mass is 290 g/mol. The standard InChI is InChI=1S/C10H22N2OS.2ClH/c1-12(2)8-6-10(14)13-9-5-3-4-7-11;;/h3-9,11H2,1-2H3;2*1H. The summed E-state index contributed by atoms with van der Waals surface area (Å²) in [4.78, 5) is 2.10. The number of nitrogens with two attached hydrogens (primary N) is 1. The average molecular weight is 291 g/mol. The van der Waals surface area contributed by atoms with E-state index in [-0.39, 0.29) is 24.8 Å². The van der Waals surface area contributed by atoms with Gasteiger partial charge in [-0.1, -0.05) is 0 Å². The molecular formula is C10H24Cl2N2OS. The Morgan fingerprint density at radius 1 is 1.19 bits per heavy atom. The van der Waals surface area contributed by atoms with Gasteiger partial charge in [0.25, 0.3) is 0 Å². The van der Waals surface area contributed by atoms with Gasteiger partial charge in [0.05, 0.1) is 6.61 Å². The molecule has 100 valence electrons. The first-order valence-electron chi connectivity index (χ1n) is 5.17. The molecule has 0 atom stereocenters. The van der Waals surface area contributed by atoms with E-state index >= 15 is 0 Å². The summed E-state index contributed by atoms with van der Waals surface area (Å²) >= 11 is 5.08. The maximum Gasteiger partial charge on any atom is 0.160 e. The fraction of sp³-hybridized carbons (Fsp3) is 0.900. The topological polar surface area (TPSA) is 38.5 Å². The van der Waals surface area contributed by atoms with Crippen molar-refractivity contribution in [3.63, 3.8) is 0 Å². The second-order valence-corrected chi connectivity index (χ2v) is 4.08. The van der Waals surface area contributed by atoms with Crippen molar-refractivity contribution in [2.24, 2.45) is 5.73 Å². The molecule has 0 amide bonds. The minimum atomic E-state index is 0. The van der Waals surface area contributed by atoms with Gasteiger partial charge in [0.15, 0.2) is 5.05 Å². The Hall–Kier alpha value is 0.390. The summed E-state index contributed by atoms with van der Waals surface area (Å²) in [6.45, 7) is 2.47. The van der Waals surface area contributed by atoms with Crippen LogP contribution in [0, 0.1) is 0 Å². The van der Waals surface area contributed by atoms with Crippen LogP contribution in [0.15, 0.2) is 0 Å². The van der Waals surface area contributed by atoms with E-state index < -0.39 is 0 Å². The lowest BCUT2D eigenvalue weighted by molar-refractivity contribution is 0.287. The van der Waals surface area contributed by atoms with Crippen molar-refractivity contribution in [3.05, 3.63) is 0 Å². The van der Waals surface area contributed by atoms with Crippen molar-refractivity contribution >= 4 is 42.1 Å². The van der Waals surface area contributed by atoms with Gasteiger partial charge in [-0.05, 0) is 52.1 Å². The number of hydrogen-bond acceptors (Lipinski definition) is 4. The SMILES string of the molecule is CN(C)CCC(=S)OCCCCCN.Cl.Cl. The van der Waals surface area contributed by atoms with Gasteiger partial charge in [-0.25, -0.2) is 0 Å². The Morgan fingerprint density at radius 3 is 2.31 bits per heavy atom. The first-order valence-corrected chi connectivity index (χ1v) is 5.58. The van der Waals surface area contributed by atoms with Gasteiger partial charge in [0.2, 0.25) is 0 Å². The van der Waals surface area contributed by atoms with Crippen LogP contribution in [-0.4, -0.2) is 43.7 Å². The Morgan fingerprint density at radius 2 is 1.81 bits per heavy atom. The largest absolute Gasteiger partial charge is 0.487 e. The summed E-state index contributed by atoms with van der Waals surface area (Å²) in [5.74, 6) is 0. The Balaban J connectivity index is -0.000000845. The molecule has 0 aromatic carbocycles. The summed E-state index contributed by atoms with van der Waals surface area (Å²) in [6.07, 6.45) is 4.11. The molecular weight excluding hydrogens is 267 g/mol. The number of hydrogen-bond donors (Lipinski definition) is 1. The minimum absolute atomic E-state index is 0. The van der Waals surface area contributed by atoms with Gasteiger partial charge in [0, 0.05) is 13.0 Å². The van der Waals surface area contributed by atoms with Gasteiger partial charge >= 0.3 is 0 Å². The predicted octanol–water partition coefficient (Wildman–Crippen LogP) is 2.25. The molecule has 3 nitrogen and oxygen atoms in total. The highest BCUT2D eigenvalue weighted by Crippen LogP contribution is 1.97. The third kappa shape index (κ3) is 16.8. The van der Waals surface area contributed by atoms with Crippen LogP contribution < -0.4 is 5.73 Å². The third-order valence-electron chi connectivity index (χ3n) is 1.87. The molecule has 0 saturated carbocycles. The highest BCUT2D eigenvalue weighted by atomic mass is 35.5. The molecule has 0 unspecified atom stereocenters. The number of ether oxygens (including phenoxy) is 1. The van der Waals surface area contributed by atoms with Crippen molar-refractivity contribution in [2.45, 2.75) is 25.7 Å². The van der Waals surface area contributed by atoms with Crippen LogP contribution in [-0.2, 0) is 4.74 Å². The summed E-state index contributed by atoms with van der Waals surface area (Å²) in [7, 11) is 4.06. The van der Waals surface area contributed by atoms with Gasteiger partial charge in [-0.15, -0.1) is 24.8 Å². The molecule has 0 fully saturated rings. The molecule has 0 rings (SSSR count). The smallest absolute Gasteiger partial charge is 0.160 e. The Labute approximate surface area is 117 Å². The van der Waals surface area contributed by atoms with E-state index in [1.54, 1.807) is 0 Å². The van der Waals surface area contributed by atoms with Crippen LogP contribution in [0.5, 0.6) is 0 Å². The second kappa shape index (κ2) is 15.4. The molecule has 0 aliphatic carbocycles. The number of rotatable bonds is 8. The Kier molecular flexibility index (Phi) is 20.8. The normalized spacial score (nSPS) is 9.25. The third-order valence-corrected chi connectivity index (χ3v) is 2.20. The molecule has 0 aromatic heterocycles.